The van der Waals surface area contributed by atoms with E-state index in [1.165, 1.54) is 13.3 Å². The third kappa shape index (κ3) is 6.57. The van der Waals surface area contributed by atoms with E-state index in [2.05, 4.69) is 36.5 Å². The highest BCUT2D eigenvalue weighted by Gasteiger charge is 2.13. The lowest BCUT2D eigenvalue weighted by Crippen LogP contribution is -2.24. The van der Waals surface area contributed by atoms with E-state index >= 15 is 0 Å². The van der Waals surface area contributed by atoms with Gasteiger partial charge in [0.1, 0.15) is 19.0 Å². The number of benzene rings is 2. The first kappa shape index (κ1) is 22.4. The van der Waals surface area contributed by atoms with Gasteiger partial charge in [-0.15, -0.1) is 0 Å². The molecular formula is C21H26ClN3O4. The van der Waals surface area contributed by atoms with E-state index in [1.54, 1.807) is 12.1 Å². The van der Waals surface area contributed by atoms with Gasteiger partial charge in [-0.3, -0.25) is 0 Å². The van der Waals surface area contributed by atoms with E-state index in [-0.39, 0.29) is 6.61 Å². The average Bonchev–Trinajstić information content (AvgIpc) is 2.65. The molecule has 29 heavy (non-hydrogen) atoms. The van der Waals surface area contributed by atoms with Gasteiger partial charge in [0.2, 0.25) is 0 Å². The standard InChI is InChI=1S/C21H26ClN3O4/c1-13(2)16-6-5-14(3)9-18(16)28-7-8-29-20-17(22)10-15(11-19(20)27-4)12-24-25-21(23)26/h5-6,9-13H,7-8H2,1-4H3,(H3,23,25,26)/b24-12-. The Balaban J connectivity index is 2.03. The number of hydrogen-bond donors (Lipinski definition) is 2. The van der Waals surface area contributed by atoms with Crippen LogP contribution in [0.4, 0.5) is 4.79 Å². The molecule has 2 amide bonds. The summed E-state index contributed by atoms with van der Waals surface area (Å²) in [7, 11) is 1.51. The Bertz CT molecular complexity index is 884. The fraction of sp³-hybridized carbons (Fsp3) is 0.333. The number of amides is 2. The highest BCUT2D eigenvalue weighted by molar-refractivity contribution is 6.32. The van der Waals surface area contributed by atoms with Crippen molar-refractivity contribution in [3.63, 3.8) is 0 Å². The molecule has 0 fully saturated rings. The summed E-state index contributed by atoms with van der Waals surface area (Å²) in [6, 6.07) is 8.76. The molecule has 0 aliphatic rings. The number of carbonyl (C=O) groups is 1. The minimum atomic E-state index is -0.756. The Morgan fingerprint density at radius 1 is 1.21 bits per heavy atom. The number of urea groups is 1. The number of nitrogens with two attached hydrogens (primary N) is 1. The number of nitrogens with one attached hydrogen (secondary N) is 1. The van der Waals surface area contributed by atoms with Gasteiger partial charge in [-0.25, -0.2) is 10.2 Å². The molecular weight excluding hydrogens is 394 g/mol. The van der Waals surface area contributed by atoms with Crippen LogP contribution in [-0.4, -0.2) is 32.6 Å². The van der Waals surface area contributed by atoms with Crippen molar-refractivity contribution in [3.05, 3.63) is 52.0 Å². The normalized spacial score (nSPS) is 11.0. The van der Waals surface area contributed by atoms with Crippen LogP contribution in [0.1, 0.15) is 36.5 Å². The van der Waals surface area contributed by atoms with Gasteiger partial charge in [-0.2, -0.15) is 5.10 Å². The van der Waals surface area contributed by atoms with Crippen LogP contribution >= 0.6 is 11.6 Å². The van der Waals surface area contributed by atoms with E-state index < -0.39 is 6.03 Å². The van der Waals surface area contributed by atoms with Crippen molar-refractivity contribution in [2.45, 2.75) is 26.7 Å². The van der Waals surface area contributed by atoms with E-state index in [0.717, 1.165) is 16.9 Å². The fourth-order valence-corrected chi connectivity index (χ4v) is 2.94. The molecule has 0 saturated carbocycles. The smallest absolute Gasteiger partial charge is 0.332 e. The topological polar surface area (TPSA) is 95.2 Å². The van der Waals surface area contributed by atoms with Gasteiger partial charge in [-0.05, 0) is 47.7 Å². The number of rotatable bonds is 9. The van der Waals surface area contributed by atoms with Gasteiger partial charge in [0.15, 0.2) is 11.5 Å². The molecule has 0 aromatic heterocycles. The maximum Gasteiger partial charge on any atom is 0.332 e. The second-order valence-electron chi connectivity index (χ2n) is 6.66. The Morgan fingerprint density at radius 3 is 2.59 bits per heavy atom. The lowest BCUT2D eigenvalue weighted by atomic mass is 10.0. The molecule has 156 valence electrons. The molecule has 0 spiro atoms. The summed E-state index contributed by atoms with van der Waals surface area (Å²) in [6.07, 6.45) is 1.40. The first-order valence-corrected chi connectivity index (χ1v) is 9.51. The van der Waals surface area contributed by atoms with Crippen LogP contribution in [0.2, 0.25) is 5.02 Å². The number of nitrogens with zero attached hydrogens (tertiary/aromatic N) is 1. The summed E-state index contributed by atoms with van der Waals surface area (Å²) in [5.74, 6) is 2.07. The summed E-state index contributed by atoms with van der Waals surface area (Å²) in [5, 5.41) is 4.05. The Hall–Kier alpha value is -2.93. The van der Waals surface area contributed by atoms with Crippen molar-refractivity contribution >= 4 is 23.8 Å². The Labute approximate surface area is 175 Å². The predicted octanol–water partition coefficient (Wildman–Crippen LogP) is 4.24. The van der Waals surface area contributed by atoms with Gasteiger partial charge in [-0.1, -0.05) is 37.6 Å². The van der Waals surface area contributed by atoms with Gasteiger partial charge >= 0.3 is 6.03 Å². The van der Waals surface area contributed by atoms with Crippen LogP contribution < -0.4 is 25.4 Å². The SMILES string of the molecule is COc1cc(/C=N\NC(N)=O)cc(Cl)c1OCCOc1cc(C)ccc1C(C)C. The molecule has 2 aromatic rings. The number of primary amides is 1. The predicted molar refractivity (Wildman–Crippen MR) is 115 cm³/mol. The first-order chi connectivity index (χ1) is 13.8. The zero-order valence-electron chi connectivity index (χ0n) is 17.0. The molecule has 0 saturated heterocycles. The second kappa shape index (κ2) is 10.6. The number of aryl methyl sites for hydroxylation is 1. The number of methoxy groups -OCH3 is 1. The maximum absolute atomic E-state index is 10.7. The van der Waals surface area contributed by atoms with Gasteiger partial charge in [0.05, 0.1) is 18.3 Å². The van der Waals surface area contributed by atoms with E-state index in [9.17, 15) is 4.79 Å². The molecule has 0 atom stereocenters. The molecule has 0 bridgehead atoms. The van der Waals surface area contributed by atoms with Crippen LogP contribution in [0.5, 0.6) is 17.2 Å². The number of hydrogen-bond acceptors (Lipinski definition) is 5. The highest BCUT2D eigenvalue weighted by atomic mass is 35.5. The van der Waals surface area contributed by atoms with Crippen LogP contribution in [0.3, 0.4) is 0 Å². The zero-order valence-corrected chi connectivity index (χ0v) is 17.7. The summed E-state index contributed by atoms with van der Waals surface area (Å²) in [5.41, 5.74) is 9.99. The van der Waals surface area contributed by atoms with Gasteiger partial charge in [0, 0.05) is 0 Å². The highest BCUT2D eigenvalue weighted by Crippen LogP contribution is 2.36. The molecule has 2 aromatic carbocycles. The molecule has 0 radical (unpaired) electrons. The van der Waals surface area contributed by atoms with Gasteiger partial charge < -0.3 is 19.9 Å². The molecule has 7 nitrogen and oxygen atoms in total. The lowest BCUT2D eigenvalue weighted by Gasteiger charge is -2.16. The van der Waals surface area contributed by atoms with Crippen LogP contribution in [0.15, 0.2) is 35.4 Å². The van der Waals surface area contributed by atoms with Crippen molar-refractivity contribution in [2.75, 3.05) is 20.3 Å². The number of ether oxygens (including phenoxy) is 3. The first-order valence-electron chi connectivity index (χ1n) is 9.14. The fourth-order valence-electron chi connectivity index (χ4n) is 2.66. The van der Waals surface area contributed by atoms with Crippen LogP contribution in [0, 0.1) is 6.92 Å². The molecule has 0 aliphatic carbocycles. The maximum atomic E-state index is 10.7. The minimum Gasteiger partial charge on any atom is -0.493 e. The summed E-state index contributed by atoms with van der Waals surface area (Å²) < 4.78 is 17.1. The molecule has 8 heteroatoms. The molecule has 3 N–H and O–H groups in total. The van der Waals surface area contributed by atoms with Crippen molar-refractivity contribution < 1.29 is 19.0 Å². The third-order valence-electron chi connectivity index (χ3n) is 4.02. The number of carbonyl (C=O) groups excluding carboxylic acids is 1. The van der Waals surface area contributed by atoms with Crippen LogP contribution in [-0.2, 0) is 0 Å². The largest absolute Gasteiger partial charge is 0.493 e. The van der Waals surface area contributed by atoms with E-state index in [0.29, 0.717) is 34.6 Å². The number of halogens is 1. The third-order valence-corrected chi connectivity index (χ3v) is 4.30. The molecule has 0 unspecified atom stereocenters. The average molecular weight is 420 g/mol. The second-order valence-corrected chi connectivity index (χ2v) is 7.07. The van der Waals surface area contributed by atoms with E-state index in [4.69, 9.17) is 31.5 Å². The lowest BCUT2D eigenvalue weighted by molar-refractivity contribution is 0.210. The van der Waals surface area contributed by atoms with Crippen molar-refractivity contribution in [2.24, 2.45) is 10.8 Å². The Morgan fingerprint density at radius 2 is 1.93 bits per heavy atom. The van der Waals surface area contributed by atoms with Gasteiger partial charge in [0.25, 0.3) is 0 Å². The summed E-state index contributed by atoms with van der Waals surface area (Å²) >= 11 is 6.32. The van der Waals surface area contributed by atoms with Crippen molar-refractivity contribution in [1.82, 2.24) is 5.43 Å². The van der Waals surface area contributed by atoms with E-state index in [1.807, 2.05) is 13.0 Å². The molecule has 2 rings (SSSR count). The van der Waals surface area contributed by atoms with Crippen LogP contribution in [0.25, 0.3) is 0 Å². The summed E-state index contributed by atoms with van der Waals surface area (Å²) in [4.78, 5) is 10.7. The monoisotopic (exact) mass is 419 g/mol. The summed E-state index contributed by atoms with van der Waals surface area (Å²) in [6.45, 7) is 6.93. The minimum absolute atomic E-state index is 0.290. The molecule has 0 heterocycles. The van der Waals surface area contributed by atoms with Crippen molar-refractivity contribution in [3.8, 4) is 17.2 Å². The van der Waals surface area contributed by atoms with Crippen molar-refractivity contribution in [1.29, 1.82) is 0 Å². The number of hydrazone groups is 1. The quantitative estimate of drug-likeness (QED) is 0.361. The Kier molecular flexibility index (Phi) is 8.15. The zero-order chi connectivity index (χ0) is 21.4. The molecule has 0 aliphatic heterocycles.